The van der Waals surface area contributed by atoms with Gasteiger partial charge in [0.2, 0.25) is 5.91 Å². The summed E-state index contributed by atoms with van der Waals surface area (Å²) in [5.74, 6) is 1.68. The maximum absolute atomic E-state index is 10.9. The molecular formula is C16H23NO2. The van der Waals surface area contributed by atoms with E-state index in [2.05, 4.69) is 5.32 Å². The number of carbonyl (C=O) groups is 1. The Morgan fingerprint density at radius 2 is 1.89 bits per heavy atom. The molecule has 1 aromatic carbocycles. The first-order chi connectivity index (χ1) is 9.24. The summed E-state index contributed by atoms with van der Waals surface area (Å²) in [6.45, 7) is 2.30. The van der Waals surface area contributed by atoms with Crippen LogP contribution in [0.3, 0.4) is 0 Å². The lowest BCUT2D eigenvalue weighted by molar-refractivity contribution is -0.114. The average molecular weight is 261 g/mol. The highest BCUT2D eigenvalue weighted by atomic mass is 16.5. The minimum Gasteiger partial charge on any atom is -0.494 e. The van der Waals surface area contributed by atoms with Crippen molar-refractivity contribution in [2.24, 2.45) is 5.92 Å². The Balaban J connectivity index is 1.71. The predicted molar refractivity (Wildman–Crippen MR) is 77.4 cm³/mol. The Kier molecular flexibility index (Phi) is 5.25. The van der Waals surface area contributed by atoms with Gasteiger partial charge in [0.05, 0.1) is 6.61 Å². The van der Waals surface area contributed by atoms with Gasteiger partial charge in [-0.15, -0.1) is 0 Å². The van der Waals surface area contributed by atoms with E-state index in [4.69, 9.17) is 4.74 Å². The second-order valence-electron chi connectivity index (χ2n) is 5.35. The molecule has 0 spiro atoms. The number of carbonyl (C=O) groups excluding carboxylic acids is 1. The minimum atomic E-state index is -0.0500. The smallest absolute Gasteiger partial charge is 0.221 e. The Labute approximate surface area is 115 Å². The summed E-state index contributed by atoms with van der Waals surface area (Å²) in [7, 11) is 0. The van der Waals surface area contributed by atoms with Crippen LogP contribution in [-0.4, -0.2) is 12.5 Å². The minimum absolute atomic E-state index is 0.0500. The van der Waals surface area contributed by atoms with E-state index >= 15 is 0 Å². The van der Waals surface area contributed by atoms with Crippen molar-refractivity contribution in [2.75, 3.05) is 11.9 Å². The summed E-state index contributed by atoms with van der Waals surface area (Å²) in [6, 6.07) is 7.56. The van der Waals surface area contributed by atoms with E-state index in [-0.39, 0.29) is 5.91 Å². The van der Waals surface area contributed by atoms with Gasteiger partial charge in [-0.3, -0.25) is 4.79 Å². The van der Waals surface area contributed by atoms with E-state index in [1.54, 1.807) is 0 Å². The molecule has 1 N–H and O–H groups in total. The van der Waals surface area contributed by atoms with Crippen LogP contribution in [0.2, 0.25) is 0 Å². The fourth-order valence-electron chi connectivity index (χ4n) is 2.66. The highest BCUT2D eigenvalue weighted by Gasteiger charge is 2.12. The molecule has 0 saturated heterocycles. The van der Waals surface area contributed by atoms with Gasteiger partial charge in [0.1, 0.15) is 5.75 Å². The molecule has 0 heterocycles. The van der Waals surface area contributed by atoms with Gasteiger partial charge in [-0.1, -0.05) is 32.1 Å². The van der Waals surface area contributed by atoms with Crippen LogP contribution < -0.4 is 10.1 Å². The van der Waals surface area contributed by atoms with Gasteiger partial charge < -0.3 is 10.1 Å². The Morgan fingerprint density at radius 3 is 2.53 bits per heavy atom. The molecule has 3 heteroatoms. The Hall–Kier alpha value is -1.51. The van der Waals surface area contributed by atoms with Crippen molar-refractivity contribution in [3.8, 4) is 5.75 Å². The molecule has 2 rings (SSSR count). The molecule has 19 heavy (non-hydrogen) atoms. The third kappa shape index (κ3) is 4.93. The third-order valence-corrected chi connectivity index (χ3v) is 3.69. The van der Waals surface area contributed by atoms with Crippen molar-refractivity contribution >= 4 is 11.6 Å². The van der Waals surface area contributed by atoms with Gasteiger partial charge in [-0.2, -0.15) is 0 Å². The van der Waals surface area contributed by atoms with Crippen molar-refractivity contribution in [3.63, 3.8) is 0 Å². The van der Waals surface area contributed by atoms with Crippen molar-refractivity contribution in [2.45, 2.75) is 45.4 Å². The fraction of sp³-hybridized carbons (Fsp3) is 0.562. The topological polar surface area (TPSA) is 38.3 Å². The van der Waals surface area contributed by atoms with Crippen LogP contribution in [-0.2, 0) is 4.79 Å². The number of anilines is 1. The van der Waals surface area contributed by atoms with Gasteiger partial charge in [-0.05, 0) is 36.6 Å². The maximum Gasteiger partial charge on any atom is 0.221 e. The molecule has 1 aliphatic carbocycles. The number of hydrogen-bond donors (Lipinski definition) is 1. The summed E-state index contributed by atoms with van der Waals surface area (Å²) in [6.07, 6.45) is 8.07. The lowest BCUT2D eigenvalue weighted by Gasteiger charge is -2.21. The first-order valence-electron chi connectivity index (χ1n) is 7.24. The summed E-state index contributed by atoms with van der Waals surface area (Å²) >= 11 is 0. The first kappa shape index (κ1) is 13.9. The summed E-state index contributed by atoms with van der Waals surface area (Å²) in [4.78, 5) is 10.9. The van der Waals surface area contributed by atoms with E-state index in [1.165, 1.54) is 39.0 Å². The fourth-order valence-corrected chi connectivity index (χ4v) is 2.66. The molecule has 0 aromatic heterocycles. The monoisotopic (exact) mass is 261 g/mol. The van der Waals surface area contributed by atoms with Crippen LogP contribution in [0.5, 0.6) is 5.75 Å². The van der Waals surface area contributed by atoms with Crippen molar-refractivity contribution in [3.05, 3.63) is 24.3 Å². The third-order valence-electron chi connectivity index (χ3n) is 3.69. The number of amides is 1. The first-order valence-corrected chi connectivity index (χ1v) is 7.24. The standard InChI is InChI=1S/C16H23NO2/c1-13(18)17-15-7-9-16(10-8-15)19-12-11-14-5-3-2-4-6-14/h7-10,14H,2-6,11-12H2,1H3,(H,17,18). The van der Waals surface area contributed by atoms with Crippen LogP contribution in [0.4, 0.5) is 5.69 Å². The molecule has 0 unspecified atom stereocenters. The zero-order valence-electron chi connectivity index (χ0n) is 11.7. The van der Waals surface area contributed by atoms with E-state index < -0.39 is 0 Å². The molecule has 3 nitrogen and oxygen atoms in total. The SMILES string of the molecule is CC(=O)Nc1ccc(OCCC2CCCCC2)cc1. The van der Waals surface area contributed by atoms with Gasteiger partial charge >= 0.3 is 0 Å². The van der Waals surface area contributed by atoms with Crippen molar-refractivity contribution in [1.29, 1.82) is 0 Å². The zero-order chi connectivity index (χ0) is 13.5. The molecule has 1 fully saturated rings. The number of rotatable bonds is 5. The van der Waals surface area contributed by atoms with Crippen LogP contribution in [0.1, 0.15) is 45.4 Å². The highest BCUT2D eigenvalue weighted by molar-refractivity contribution is 5.88. The molecule has 0 radical (unpaired) electrons. The largest absolute Gasteiger partial charge is 0.494 e. The van der Waals surface area contributed by atoms with Crippen LogP contribution >= 0.6 is 0 Å². The molecule has 1 aromatic rings. The number of hydrogen-bond acceptors (Lipinski definition) is 2. The second kappa shape index (κ2) is 7.17. The molecule has 0 bridgehead atoms. The summed E-state index contributed by atoms with van der Waals surface area (Å²) in [5.41, 5.74) is 0.812. The Morgan fingerprint density at radius 1 is 1.21 bits per heavy atom. The molecule has 1 amide bonds. The predicted octanol–water partition coefficient (Wildman–Crippen LogP) is 3.99. The normalized spacial score (nSPS) is 16.1. The van der Waals surface area contributed by atoms with Crippen LogP contribution in [0.25, 0.3) is 0 Å². The van der Waals surface area contributed by atoms with Gasteiger partial charge in [-0.25, -0.2) is 0 Å². The molecule has 0 atom stereocenters. The highest BCUT2D eigenvalue weighted by Crippen LogP contribution is 2.26. The van der Waals surface area contributed by atoms with Crippen molar-refractivity contribution < 1.29 is 9.53 Å². The molecule has 0 aliphatic heterocycles. The van der Waals surface area contributed by atoms with Crippen LogP contribution in [0.15, 0.2) is 24.3 Å². The van der Waals surface area contributed by atoms with Gasteiger partial charge in [0.15, 0.2) is 0 Å². The van der Waals surface area contributed by atoms with E-state index in [1.807, 2.05) is 24.3 Å². The molecule has 1 aliphatic rings. The average Bonchev–Trinajstić information content (AvgIpc) is 2.41. The van der Waals surface area contributed by atoms with E-state index in [0.29, 0.717) is 0 Å². The lowest BCUT2D eigenvalue weighted by atomic mass is 9.87. The molecule has 104 valence electrons. The van der Waals surface area contributed by atoms with Gasteiger partial charge in [0.25, 0.3) is 0 Å². The lowest BCUT2D eigenvalue weighted by Crippen LogP contribution is -2.10. The molecular weight excluding hydrogens is 238 g/mol. The van der Waals surface area contributed by atoms with E-state index in [9.17, 15) is 4.79 Å². The maximum atomic E-state index is 10.9. The summed E-state index contributed by atoms with van der Waals surface area (Å²) < 4.78 is 5.76. The van der Waals surface area contributed by atoms with Crippen molar-refractivity contribution in [1.82, 2.24) is 0 Å². The Bertz CT molecular complexity index is 394. The zero-order valence-corrected chi connectivity index (χ0v) is 11.7. The number of benzene rings is 1. The van der Waals surface area contributed by atoms with Gasteiger partial charge in [0, 0.05) is 12.6 Å². The summed E-state index contributed by atoms with van der Waals surface area (Å²) in [5, 5.41) is 2.75. The second-order valence-corrected chi connectivity index (χ2v) is 5.35. The van der Waals surface area contributed by atoms with E-state index in [0.717, 1.165) is 30.4 Å². The quantitative estimate of drug-likeness (QED) is 0.870. The number of ether oxygens (including phenoxy) is 1. The number of nitrogens with one attached hydrogen (secondary N) is 1. The molecule has 1 saturated carbocycles. The van der Waals surface area contributed by atoms with Crippen LogP contribution in [0, 0.1) is 5.92 Å².